The molecular weight excluding hydrogens is 458 g/mol. The fourth-order valence-electron chi connectivity index (χ4n) is 3.79. The van der Waals surface area contributed by atoms with Gasteiger partial charge < -0.3 is 15.4 Å². The molecule has 3 rings (SSSR count). The van der Waals surface area contributed by atoms with Crippen molar-refractivity contribution < 1.29 is 23.9 Å². The fourth-order valence-corrected chi connectivity index (χ4v) is 4.01. The Morgan fingerprint density at radius 3 is 2.32 bits per heavy atom. The Hall–Kier alpha value is -3.39. The van der Waals surface area contributed by atoms with Crippen molar-refractivity contribution >= 4 is 35.4 Å². The summed E-state index contributed by atoms with van der Waals surface area (Å²) < 4.78 is 5.24. The molecule has 0 radical (unpaired) electrons. The van der Waals surface area contributed by atoms with Crippen LogP contribution in [-0.2, 0) is 14.3 Å². The second kappa shape index (κ2) is 12.2. The van der Waals surface area contributed by atoms with Crippen LogP contribution >= 0.6 is 11.6 Å². The van der Waals surface area contributed by atoms with Crippen LogP contribution in [0.1, 0.15) is 61.0 Å². The average Bonchev–Trinajstić information content (AvgIpc) is 3.32. The number of halogens is 1. The molecule has 1 saturated carbocycles. The SMILES string of the molecule is C[C@@H](OC(=O)C[C@H](NC(=O)c1ccccc1Cl)c1ccccc1)C(=O)NC(=O)NC1CCCC1. The zero-order chi connectivity index (χ0) is 24.5. The number of rotatable bonds is 8. The van der Waals surface area contributed by atoms with Gasteiger partial charge in [-0.15, -0.1) is 0 Å². The van der Waals surface area contributed by atoms with Crippen LogP contribution in [0.15, 0.2) is 54.6 Å². The van der Waals surface area contributed by atoms with Crippen molar-refractivity contribution in [3.8, 4) is 0 Å². The number of carbonyl (C=O) groups excluding carboxylic acids is 4. The Balaban J connectivity index is 1.59. The summed E-state index contributed by atoms with van der Waals surface area (Å²) in [4.78, 5) is 49.7. The van der Waals surface area contributed by atoms with Gasteiger partial charge in [-0.25, -0.2) is 4.79 Å². The number of amides is 4. The summed E-state index contributed by atoms with van der Waals surface area (Å²) in [6.07, 6.45) is 2.45. The lowest BCUT2D eigenvalue weighted by molar-refractivity contribution is -0.154. The highest BCUT2D eigenvalue weighted by Gasteiger charge is 2.26. The molecule has 0 aromatic heterocycles. The predicted octanol–water partition coefficient (Wildman–Crippen LogP) is 3.90. The normalized spacial score (nSPS) is 15.1. The first-order chi connectivity index (χ1) is 16.3. The van der Waals surface area contributed by atoms with E-state index in [4.69, 9.17) is 16.3 Å². The summed E-state index contributed by atoms with van der Waals surface area (Å²) in [5, 5.41) is 8.05. The highest BCUT2D eigenvalue weighted by atomic mass is 35.5. The number of urea groups is 1. The first kappa shape index (κ1) is 25.2. The van der Waals surface area contributed by atoms with Crippen LogP contribution < -0.4 is 16.0 Å². The number of nitrogens with one attached hydrogen (secondary N) is 3. The molecule has 8 nitrogen and oxygen atoms in total. The Morgan fingerprint density at radius 2 is 1.65 bits per heavy atom. The zero-order valence-corrected chi connectivity index (χ0v) is 19.6. The number of hydrogen-bond donors (Lipinski definition) is 3. The molecule has 3 N–H and O–H groups in total. The van der Waals surface area contributed by atoms with Crippen LogP contribution in [0.5, 0.6) is 0 Å². The molecule has 1 aliphatic rings. The van der Waals surface area contributed by atoms with Crippen molar-refractivity contribution in [1.29, 1.82) is 0 Å². The standard InChI is InChI=1S/C25H28ClN3O5/c1-16(23(31)29-25(33)27-18-11-5-6-12-18)34-22(30)15-21(17-9-3-2-4-10-17)28-24(32)19-13-7-8-14-20(19)26/h2-4,7-10,13-14,16,18,21H,5-6,11-12,15H2,1H3,(H,28,32)(H2,27,29,31,33)/t16-,21+/m1/s1. The van der Waals surface area contributed by atoms with Crippen molar-refractivity contribution in [1.82, 2.24) is 16.0 Å². The lowest BCUT2D eigenvalue weighted by atomic mass is 10.0. The minimum absolute atomic E-state index is 0.0546. The monoisotopic (exact) mass is 485 g/mol. The fraction of sp³-hybridized carbons (Fsp3) is 0.360. The maximum atomic E-state index is 12.8. The first-order valence-electron chi connectivity index (χ1n) is 11.2. The second-order valence-electron chi connectivity index (χ2n) is 8.20. The number of carbonyl (C=O) groups is 4. The molecule has 0 heterocycles. The molecule has 0 bridgehead atoms. The minimum Gasteiger partial charge on any atom is -0.452 e. The quantitative estimate of drug-likeness (QED) is 0.491. The van der Waals surface area contributed by atoms with Crippen LogP contribution in [0, 0.1) is 0 Å². The van der Waals surface area contributed by atoms with E-state index >= 15 is 0 Å². The second-order valence-corrected chi connectivity index (χ2v) is 8.60. The van der Waals surface area contributed by atoms with Crippen molar-refractivity contribution in [3.63, 3.8) is 0 Å². The Labute approximate surface area is 203 Å². The molecule has 2 aromatic rings. The van der Waals surface area contributed by atoms with Gasteiger partial charge in [0.2, 0.25) is 0 Å². The van der Waals surface area contributed by atoms with Gasteiger partial charge in [0.05, 0.1) is 23.0 Å². The zero-order valence-electron chi connectivity index (χ0n) is 18.9. The van der Waals surface area contributed by atoms with Crippen molar-refractivity contribution in [3.05, 3.63) is 70.7 Å². The Bertz CT molecular complexity index is 1020. The van der Waals surface area contributed by atoms with E-state index in [1.807, 2.05) is 6.07 Å². The molecular formula is C25H28ClN3O5. The molecule has 2 aromatic carbocycles. The van der Waals surface area contributed by atoms with E-state index in [2.05, 4.69) is 16.0 Å². The molecule has 180 valence electrons. The molecule has 34 heavy (non-hydrogen) atoms. The maximum absolute atomic E-state index is 12.8. The van der Waals surface area contributed by atoms with E-state index in [-0.39, 0.29) is 23.0 Å². The first-order valence-corrected chi connectivity index (χ1v) is 11.6. The van der Waals surface area contributed by atoms with Crippen LogP contribution in [-0.4, -0.2) is 36.0 Å². The molecule has 9 heteroatoms. The van der Waals surface area contributed by atoms with Gasteiger partial charge in [0, 0.05) is 6.04 Å². The van der Waals surface area contributed by atoms with Crippen LogP contribution in [0.25, 0.3) is 0 Å². The third kappa shape index (κ3) is 7.31. The van der Waals surface area contributed by atoms with Gasteiger partial charge in [0.15, 0.2) is 6.10 Å². The lowest BCUT2D eigenvalue weighted by Crippen LogP contribution is -2.47. The summed E-state index contributed by atoms with van der Waals surface area (Å²) in [7, 11) is 0. The summed E-state index contributed by atoms with van der Waals surface area (Å²) in [6, 6.07) is 14.3. The van der Waals surface area contributed by atoms with E-state index in [0.29, 0.717) is 5.56 Å². The van der Waals surface area contributed by atoms with Crippen LogP contribution in [0.4, 0.5) is 4.79 Å². The summed E-state index contributed by atoms with van der Waals surface area (Å²) in [5.74, 6) is -1.87. The Kier molecular flexibility index (Phi) is 9.04. The number of imide groups is 1. The van der Waals surface area contributed by atoms with E-state index in [1.54, 1.807) is 48.5 Å². The third-order valence-electron chi connectivity index (χ3n) is 5.60. The minimum atomic E-state index is -1.18. The molecule has 0 spiro atoms. The summed E-state index contributed by atoms with van der Waals surface area (Å²) >= 11 is 6.12. The summed E-state index contributed by atoms with van der Waals surface area (Å²) in [6.45, 7) is 1.38. The van der Waals surface area contributed by atoms with Crippen molar-refractivity contribution in [2.45, 2.75) is 57.2 Å². The third-order valence-corrected chi connectivity index (χ3v) is 5.93. The maximum Gasteiger partial charge on any atom is 0.321 e. The molecule has 1 aliphatic carbocycles. The molecule has 0 aliphatic heterocycles. The number of hydrogen-bond acceptors (Lipinski definition) is 5. The topological polar surface area (TPSA) is 114 Å². The molecule has 1 fully saturated rings. The average molecular weight is 486 g/mol. The number of benzene rings is 2. The van der Waals surface area contributed by atoms with Gasteiger partial charge in [0.1, 0.15) is 0 Å². The smallest absolute Gasteiger partial charge is 0.321 e. The van der Waals surface area contributed by atoms with Gasteiger partial charge in [-0.1, -0.05) is 66.9 Å². The molecule has 0 saturated heterocycles. The largest absolute Gasteiger partial charge is 0.452 e. The van der Waals surface area contributed by atoms with E-state index in [1.165, 1.54) is 6.92 Å². The van der Waals surface area contributed by atoms with Gasteiger partial charge in [-0.2, -0.15) is 0 Å². The van der Waals surface area contributed by atoms with Crippen LogP contribution in [0.2, 0.25) is 5.02 Å². The highest BCUT2D eigenvalue weighted by molar-refractivity contribution is 6.33. The van der Waals surface area contributed by atoms with Gasteiger partial charge in [-0.05, 0) is 37.5 Å². The van der Waals surface area contributed by atoms with Gasteiger partial charge in [-0.3, -0.25) is 19.7 Å². The van der Waals surface area contributed by atoms with E-state index < -0.39 is 36.0 Å². The lowest BCUT2D eigenvalue weighted by Gasteiger charge is -2.20. The number of esters is 1. The van der Waals surface area contributed by atoms with E-state index in [9.17, 15) is 19.2 Å². The van der Waals surface area contributed by atoms with Crippen molar-refractivity contribution in [2.24, 2.45) is 0 Å². The number of ether oxygens (including phenoxy) is 1. The highest BCUT2D eigenvalue weighted by Crippen LogP contribution is 2.21. The molecule has 4 amide bonds. The van der Waals surface area contributed by atoms with Gasteiger partial charge >= 0.3 is 12.0 Å². The van der Waals surface area contributed by atoms with E-state index in [0.717, 1.165) is 25.7 Å². The Morgan fingerprint density at radius 1 is 1.00 bits per heavy atom. The van der Waals surface area contributed by atoms with Gasteiger partial charge in [0.25, 0.3) is 11.8 Å². The van der Waals surface area contributed by atoms with Crippen molar-refractivity contribution in [2.75, 3.05) is 0 Å². The molecule has 0 unspecified atom stereocenters. The predicted molar refractivity (Wildman–Crippen MR) is 127 cm³/mol. The van der Waals surface area contributed by atoms with Crippen LogP contribution in [0.3, 0.4) is 0 Å². The summed E-state index contributed by atoms with van der Waals surface area (Å²) in [5.41, 5.74) is 0.965. The molecule has 2 atom stereocenters.